The Labute approximate surface area is 215 Å². The van der Waals surface area contributed by atoms with Crippen LogP contribution in [0.4, 0.5) is 0 Å². The van der Waals surface area contributed by atoms with Gasteiger partial charge in [0.05, 0.1) is 18.2 Å². The van der Waals surface area contributed by atoms with Crippen molar-refractivity contribution in [2.24, 2.45) is 5.73 Å². The molecule has 4 aromatic rings. The summed E-state index contributed by atoms with van der Waals surface area (Å²) < 4.78 is 14.3. The molecular weight excluding hydrogens is 538 g/mol. The predicted octanol–water partition coefficient (Wildman–Crippen LogP) is 6.58. The number of benzene rings is 2. The van der Waals surface area contributed by atoms with Crippen LogP contribution in [-0.2, 0) is 6.54 Å². The monoisotopic (exact) mass is 559 g/mol. The molecule has 0 aliphatic rings. The topological polar surface area (TPSA) is 79.4 Å². The fourth-order valence-electron chi connectivity index (χ4n) is 3.42. The Morgan fingerprint density at radius 2 is 1.88 bits per heavy atom. The second-order valence-corrected chi connectivity index (χ2v) is 9.66. The molecule has 0 unspecified atom stereocenters. The van der Waals surface area contributed by atoms with E-state index >= 15 is 0 Å². The fraction of sp³-hybridized carbons (Fsp3) is 0.200. The molecule has 4 rings (SSSR count). The predicted molar refractivity (Wildman–Crippen MR) is 140 cm³/mol. The van der Waals surface area contributed by atoms with Crippen LogP contribution in [0.5, 0.6) is 11.6 Å². The Morgan fingerprint density at radius 1 is 1.15 bits per heavy atom. The van der Waals surface area contributed by atoms with Crippen LogP contribution in [0.1, 0.15) is 22.8 Å². The number of hydrogen-bond donors (Lipinski definition) is 1. The van der Waals surface area contributed by atoms with Gasteiger partial charge in [0.1, 0.15) is 22.5 Å². The number of nitrogens with two attached hydrogens (primary N) is 1. The molecule has 2 aromatic carbocycles. The van der Waals surface area contributed by atoms with Crippen molar-refractivity contribution in [3.8, 4) is 33.3 Å². The van der Waals surface area contributed by atoms with Gasteiger partial charge in [-0.25, -0.2) is 4.68 Å². The highest BCUT2D eigenvalue weighted by Crippen LogP contribution is 2.36. The van der Waals surface area contributed by atoms with Gasteiger partial charge in [0.2, 0.25) is 11.8 Å². The molecular formula is C25H23BrClN3O3S. The first kappa shape index (κ1) is 24.3. The maximum absolute atomic E-state index is 11.4. The van der Waals surface area contributed by atoms with E-state index in [0.29, 0.717) is 47.7 Å². The molecule has 2 N–H and O–H groups in total. The van der Waals surface area contributed by atoms with Gasteiger partial charge < -0.3 is 15.2 Å². The minimum atomic E-state index is -0.472. The Kier molecular flexibility index (Phi) is 7.60. The lowest BCUT2D eigenvalue weighted by atomic mass is 10.1. The van der Waals surface area contributed by atoms with Crippen molar-refractivity contribution in [2.75, 3.05) is 13.2 Å². The van der Waals surface area contributed by atoms with Gasteiger partial charge in [-0.2, -0.15) is 5.10 Å². The lowest BCUT2D eigenvalue weighted by molar-refractivity contribution is 0.100. The van der Waals surface area contributed by atoms with Gasteiger partial charge in [0, 0.05) is 16.0 Å². The van der Waals surface area contributed by atoms with Crippen LogP contribution in [0.3, 0.4) is 0 Å². The third-order valence-electron chi connectivity index (χ3n) is 5.08. The van der Waals surface area contributed by atoms with Crippen molar-refractivity contribution in [1.82, 2.24) is 9.78 Å². The lowest BCUT2D eigenvalue weighted by Gasteiger charge is -2.11. The van der Waals surface area contributed by atoms with Gasteiger partial charge in [-0.1, -0.05) is 23.7 Å². The van der Waals surface area contributed by atoms with Gasteiger partial charge in [-0.3, -0.25) is 4.79 Å². The lowest BCUT2D eigenvalue weighted by Crippen LogP contribution is -2.12. The zero-order chi connectivity index (χ0) is 24.2. The Balaban J connectivity index is 1.49. The van der Waals surface area contributed by atoms with Gasteiger partial charge in [0.25, 0.3) is 0 Å². The molecule has 0 atom stereocenters. The number of primary amides is 1. The minimum Gasteiger partial charge on any atom is -0.490 e. The van der Waals surface area contributed by atoms with E-state index in [4.69, 9.17) is 31.9 Å². The molecule has 0 radical (unpaired) electrons. The van der Waals surface area contributed by atoms with E-state index in [1.807, 2.05) is 25.1 Å². The molecule has 0 aliphatic carbocycles. The first-order chi connectivity index (χ1) is 16.4. The quantitative estimate of drug-likeness (QED) is 0.251. The third-order valence-corrected chi connectivity index (χ3v) is 7.19. The summed E-state index contributed by atoms with van der Waals surface area (Å²) >= 11 is 11.8. The summed E-state index contributed by atoms with van der Waals surface area (Å²) in [5.74, 6) is 0.750. The average Bonchev–Trinajstić information content (AvgIpc) is 3.39. The van der Waals surface area contributed by atoms with Gasteiger partial charge >= 0.3 is 0 Å². The van der Waals surface area contributed by atoms with Crippen molar-refractivity contribution in [2.45, 2.75) is 20.4 Å². The standard InChI is InChI=1S/C25H23BrClN3O3S/c1-3-32-25-22(26)23(16-4-6-17(7-5-16)24(28)31)29-30(25)10-11-33-20-9-8-18(13-19(20)27)21-12-15(2)14-34-21/h4-9,12-14H,3,10-11H2,1-2H3,(H2,28,31). The van der Waals surface area contributed by atoms with Crippen LogP contribution in [0.15, 0.2) is 58.4 Å². The van der Waals surface area contributed by atoms with E-state index in [1.165, 1.54) is 10.4 Å². The normalized spacial score (nSPS) is 10.9. The van der Waals surface area contributed by atoms with E-state index in [1.54, 1.807) is 40.3 Å². The smallest absolute Gasteiger partial charge is 0.248 e. The molecule has 2 heterocycles. The highest BCUT2D eigenvalue weighted by atomic mass is 79.9. The average molecular weight is 561 g/mol. The number of carbonyl (C=O) groups excluding carboxylic acids is 1. The van der Waals surface area contributed by atoms with E-state index in [-0.39, 0.29) is 0 Å². The molecule has 0 aliphatic heterocycles. The largest absolute Gasteiger partial charge is 0.490 e. The van der Waals surface area contributed by atoms with Crippen molar-refractivity contribution in [3.63, 3.8) is 0 Å². The van der Waals surface area contributed by atoms with Crippen LogP contribution >= 0.6 is 38.9 Å². The van der Waals surface area contributed by atoms with E-state index in [0.717, 1.165) is 15.6 Å². The number of thiophene rings is 1. The maximum atomic E-state index is 11.4. The molecule has 6 nitrogen and oxygen atoms in total. The van der Waals surface area contributed by atoms with Crippen molar-refractivity contribution >= 4 is 44.8 Å². The molecule has 0 saturated heterocycles. The summed E-state index contributed by atoms with van der Waals surface area (Å²) in [6.45, 7) is 5.28. The molecule has 1 amide bonds. The molecule has 0 fully saturated rings. The molecule has 2 aromatic heterocycles. The van der Waals surface area contributed by atoms with Crippen LogP contribution in [0.2, 0.25) is 5.02 Å². The Morgan fingerprint density at radius 3 is 2.50 bits per heavy atom. The van der Waals surface area contributed by atoms with E-state index in [9.17, 15) is 4.79 Å². The van der Waals surface area contributed by atoms with Gasteiger partial charge in [0.15, 0.2) is 0 Å². The highest BCUT2D eigenvalue weighted by Gasteiger charge is 2.19. The van der Waals surface area contributed by atoms with Gasteiger partial charge in [-0.15, -0.1) is 11.3 Å². The third kappa shape index (κ3) is 5.29. The van der Waals surface area contributed by atoms with Crippen LogP contribution < -0.4 is 15.2 Å². The number of halogens is 2. The first-order valence-electron chi connectivity index (χ1n) is 10.6. The molecule has 0 bridgehead atoms. The molecule has 0 saturated carbocycles. The Bertz CT molecular complexity index is 1320. The molecule has 34 heavy (non-hydrogen) atoms. The molecule has 9 heteroatoms. The van der Waals surface area contributed by atoms with Gasteiger partial charge in [-0.05, 0) is 82.7 Å². The summed E-state index contributed by atoms with van der Waals surface area (Å²) in [5, 5.41) is 7.38. The van der Waals surface area contributed by atoms with Crippen LogP contribution in [0.25, 0.3) is 21.7 Å². The fourth-order valence-corrected chi connectivity index (χ4v) is 5.18. The minimum absolute atomic E-state index is 0.353. The second-order valence-electron chi connectivity index (χ2n) is 7.55. The summed E-state index contributed by atoms with van der Waals surface area (Å²) in [7, 11) is 0. The zero-order valence-corrected chi connectivity index (χ0v) is 21.8. The molecule has 176 valence electrons. The van der Waals surface area contributed by atoms with E-state index in [2.05, 4.69) is 34.3 Å². The maximum Gasteiger partial charge on any atom is 0.248 e. The SMILES string of the molecule is CCOc1c(Br)c(-c2ccc(C(N)=O)cc2)nn1CCOc1ccc(-c2cc(C)cs2)cc1Cl. The van der Waals surface area contributed by atoms with Crippen LogP contribution in [-0.4, -0.2) is 28.9 Å². The summed E-state index contributed by atoms with van der Waals surface area (Å²) in [6, 6.07) is 14.9. The second kappa shape index (κ2) is 10.6. The summed E-state index contributed by atoms with van der Waals surface area (Å²) in [6.07, 6.45) is 0. The number of nitrogens with zero attached hydrogens (tertiary/aromatic N) is 2. The van der Waals surface area contributed by atoms with Crippen molar-refractivity contribution < 1.29 is 14.3 Å². The number of carbonyl (C=O) groups is 1. The number of aryl methyl sites for hydroxylation is 1. The highest BCUT2D eigenvalue weighted by molar-refractivity contribution is 9.10. The van der Waals surface area contributed by atoms with Crippen molar-refractivity contribution in [1.29, 1.82) is 0 Å². The Hall–Kier alpha value is -2.81. The summed E-state index contributed by atoms with van der Waals surface area (Å²) in [5.41, 5.74) is 9.61. The number of hydrogen-bond acceptors (Lipinski definition) is 5. The number of amides is 1. The zero-order valence-electron chi connectivity index (χ0n) is 18.7. The number of aromatic nitrogens is 2. The van der Waals surface area contributed by atoms with Crippen LogP contribution in [0, 0.1) is 6.92 Å². The first-order valence-corrected chi connectivity index (χ1v) is 12.7. The number of ether oxygens (including phenoxy) is 2. The van der Waals surface area contributed by atoms with Crippen molar-refractivity contribution in [3.05, 3.63) is 74.5 Å². The number of rotatable bonds is 9. The molecule has 0 spiro atoms. The van der Waals surface area contributed by atoms with E-state index < -0.39 is 5.91 Å². The summed E-state index contributed by atoms with van der Waals surface area (Å²) in [4.78, 5) is 12.5.